The summed E-state index contributed by atoms with van der Waals surface area (Å²) in [5, 5.41) is -6.96. The van der Waals surface area contributed by atoms with Crippen LogP contribution in [-0.2, 0) is 55.6 Å². The lowest BCUT2D eigenvalue weighted by Gasteiger charge is -2.61. The van der Waals surface area contributed by atoms with Crippen LogP contribution in [0.15, 0.2) is 81.4 Å². The zero-order valence-electron chi connectivity index (χ0n) is 41.3. The molecule has 402 valence electrons. The summed E-state index contributed by atoms with van der Waals surface area (Å²) in [4.78, 5) is 27.6. The molecule has 10 nitrogen and oxygen atoms in total. The number of carbonyl (C=O) groups is 2. The molecule has 11 rings (SSSR count). The monoisotopic (exact) mass is 1070 g/mol. The first kappa shape index (κ1) is 55.1. The molecule has 0 spiro atoms. The van der Waals surface area contributed by atoms with Gasteiger partial charge in [-0.05, 0) is 142 Å². The van der Waals surface area contributed by atoms with Crippen molar-refractivity contribution in [1.29, 1.82) is 0 Å². The summed E-state index contributed by atoms with van der Waals surface area (Å²) >= 11 is 0. The quantitative estimate of drug-likeness (QED) is 0.0398. The van der Waals surface area contributed by atoms with Gasteiger partial charge in [-0.1, -0.05) is 63.2 Å². The standard InChI is InChI=1S/C46H55O6S.C7H8F8O4S/c1-28-36-18-32-16-33(19-36)23-45(28,22-32)39-12-8-14-41(43(39)51-26-49-30(3)47)53(38-10-6-5-7-11-38)42-15-9-13-40(44(42)52-27-50-31(4)48)46-24-34-17-35(25-46)21-37(20-34)29(46)2;1-2-3-19-6(12,13)4(8,9)5(10,11)7(14,15)20(16,17)18/h5-15,28-29,32-37H,16-27H2,1-4H3;2-3H2,1H3,(H,16,17,18)/q+1;/p-1. The Morgan fingerprint density at radius 1 is 0.630 bits per heavy atom. The van der Waals surface area contributed by atoms with Crippen molar-refractivity contribution in [2.75, 3.05) is 20.2 Å². The number of hydrogen-bond donors (Lipinski definition) is 0. The molecule has 3 aromatic carbocycles. The fourth-order valence-corrected chi connectivity index (χ4v) is 16.8. The zero-order valence-corrected chi connectivity index (χ0v) is 42.9. The van der Waals surface area contributed by atoms with Gasteiger partial charge in [0.05, 0.1) is 6.61 Å². The summed E-state index contributed by atoms with van der Waals surface area (Å²) in [6.45, 7) is 7.50. The summed E-state index contributed by atoms with van der Waals surface area (Å²) in [6, 6.07) is 24.3. The second kappa shape index (κ2) is 20.4. The van der Waals surface area contributed by atoms with E-state index in [1.54, 1.807) is 0 Å². The Labute approximate surface area is 423 Å². The molecule has 0 radical (unpaired) electrons. The van der Waals surface area contributed by atoms with E-state index in [2.05, 4.69) is 85.3 Å². The van der Waals surface area contributed by atoms with E-state index in [9.17, 15) is 57.7 Å². The molecule has 6 unspecified atom stereocenters. The predicted octanol–water partition coefficient (Wildman–Crippen LogP) is 12.4. The maximum atomic E-state index is 12.8. The van der Waals surface area contributed by atoms with Gasteiger partial charge in [0.25, 0.3) is 0 Å². The SMILES string of the molecule is CC(=O)OCOc1c([S+](c2ccccc2)c2cccc(C34CC5CC(CC(C5)C3C)C4)c2OCOC(C)=O)cccc1C12CC3CC(CC(C3)C1C)C2.CCCOC(F)(F)C(F)(F)C(F)(F)C(F)(F)S(=O)(=O)[O-]. The molecule has 0 saturated heterocycles. The molecule has 3 aromatic rings. The van der Waals surface area contributed by atoms with E-state index >= 15 is 0 Å². The topological polar surface area (TPSA) is 137 Å². The minimum atomic E-state index is -7.33. The minimum Gasteiger partial charge on any atom is -0.743 e. The number of para-hydroxylation sites is 2. The lowest BCUT2D eigenvalue weighted by atomic mass is 9.44. The number of ether oxygens (including phenoxy) is 5. The molecule has 8 aliphatic carbocycles. The molecule has 6 atom stereocenters. The third-order valence-electron chi connectivity index (χ3n) is 17.0. The molecule has 8 bridgehead atoms. The summed E-state index contributed by atoms with van der Waals surface area (Å²) in [5.74, 6) is -7.55. The third-order valence-corrected chi connectivity index (χ3v) is 20.1. The lowest BCUT2D eigenvalue weighted by Crippen LogP contribution is -2.65. The van der Waals surface area contributed by atoms with Gasteiger partial charge >= 0.3 is 35.1 Å². The Bertz CT molecular complexity index is 2480. The Morgan fingerprint density at radius 2 is 1.04 bits per heavy atom. The third kappa shape index (κ3) is 9.85. The van der Waals surface area contributed by atoms with Crippen molar-refractivity contribution in [3.05, 3.63) is 77.9 Å². The van der Waals surface area contributed by atoms with Gasteiger partial charge in [0, 0.05) is 35.8 Å². The van der Waals surface area contributed by atoms with E-state index in [-0.39, 0.29) is 42.8 Å². The Balaban J connectivity index is 0.000000303. The normalized spacial score (nSPS) is 29.8. The zero-order chi connectivity index (χ0) is 53.1. The van der Waals surface area contributed by atoms with Crippen LogP contribution in [0.1, 0.15) is 116 Å². The van der Waals surface area contributed by atoms with Crippen LogP contribution in [0, 0.1) is 47.3 Å². The molecule has 20 heteroatoms. The predicted molar refractivity (Wildman–Crippen MR) is 251 cm³/mol. The molecule has 8 fully saturated rings. The number of benzene rings is 3. The maximum Gasteiger partial charge on any atom is 0.426 e. The van der Waals surface area contributed by atoms with Crippen LogP contribution in [0.25, 0.3) is 0 Å². The van der Waals surface area contributed by atoms with Crippen molar-refractivity contribution in [3.8, 4) is 11.5 Å². The van der Waals surface area contributed by atoms with Crippen LogP contribution >= 0.6 is 0 Å². The van der Waals surface area contributed by atoms with Gasteiger partial charge in [0.15, 0.2) is 26.5 Å². The van der Waals surface area contributed by atoms with Gasteiger partial charge in [0.1, 0.15) is 10.9 Å². The first-order chi connectivity index (χ1) is 34.2. The first-order valence-electron chi connectivity index (χ1n) is 24.9. The molecule has 8 saturated carbocycles. The fourth-order valence-electron chi connectivity index (χ4n) is 14.1. The average molecular weight is 1080 g/mol. The van der Waals surface area contributed by atoms with E-state index in [4.69, 9.17) is 18.9 Å². The number of halogens is 8. The smallest absolute Gasteiger partial charge is 0.426 e. The number of hydrogen-bond acceptors (Lipinski definition) is 10. The van der Waals surface area contributed by atoms with E-state index < -0.39 is 50.8 Å². The number of carbonyl (C=O) groups excluding carboxylic acids is 2. The Kier molecular flexibility index (Phi) is 15.4. The highest BCUT2D eigenvalue weighted by Crippen LogP contribution is 2.67. The highest BCUT2D eigenvalue weighted by Gasteiger charge is 2.83. The highest BCUT2D eigenvalue weighted by atomic mass is 32.2. The van der Waals surface area contributed by atoms with Gasteiger partial charge < -0.3 is 28.2 Å². The molecule has 0 aromatic heterocycles. The molecule has 0 N–H and O–H groups in total. The molecule has 0 aliphatic heterocycles. The van der Waals surface area contributed by atoms with Crippen molar-refractivity contribution < 1.29 is 81.4 Å². The molecule has 0 heterocycles. The second-order valence-corrected chi connectivity index (χ2v) is 24.7. The lowest BCUT2D eigenvalue weighted by molar-refractivity contribution is -0.417. The summed E-state index contributed by atoms with van der Waals surface area (Å²) in [5.41, 5.74) is 2.59. The second-order valence-electron chi connectivity index (χ2n) is 21.3. The first-order valence-corrected chi connectivity index (χ1v) is 27.5. The van der Waals surface area contributed by atoms with Crippen LogP contribution in [0.4, 0.5) is 35.1 Å². The average Bonchev–Trinajstić information content (AvgIpc) is 3.31. The summed E-state index contributed by atoms with van der Waals surface area (Å²) < 4.78 is 159. The number of rotatable bonds is 18. The Morgan fingerprint density at radius 3 is 1.41 bits per heavy atom. The van der Waals surface area contributed by atoms with Gasteiger partial charge in [-0.2, -0.15) is 35.1 Å². The number of esters is 2. The van der Waals surface area contributed by atoms with E-state index in [1.165, 1.54) is 89.2 Å². The van der Waals surface area contributed by atoms with Crippen molar-refractivity contribution in [2.45, 2.75) is 154 Å². The van der Waals surface area contributed by atoms with E-state index in [0.717, 1.165) is 68.6 Å². The molecule has 0 amide bonds. The molecular formula is C53H62F8O10S2. The molecule has 73 heavy (non-hydrogen) atoms. The van der Waals surface area contributed by atoms with E-state index in [1.807, 2.05) is 0 Å². The largest absolute Gasteiger partial charge is 0.743 e. The number of alkyl halides is 8. The van der Waals surface area contributed by atoms with Crippen LogP contribution in [0.2, 0.25) is 0 Å². The molecular weight excluding hydrogens is 1010 g/mol. The summed E-state index contributed by atoms with van der Waals surface area (Å²) in [7, 11) is -7.99. The summed E-state index contributed by atoms with van der Waals surface area (Å²) in [6.07, 6.45) is 6.34. The van der Waals surface area contributed by atoms with Crippen molar-refractivity contribution in [3.63, 3.8) is 0 Å². The molecule has 8 aliphatic rings. The van der Waals surface area contributed by atoms with Crippen molar-refractivity contribution >= 4 is 33.0 Å². The van der Waals surface area contributed by atoms with E-state index in [0.29, 0.717) is 11.8 Å². The van der Waals surface area contributed by atoms with Gasteiger partial charge in [-0.15, -0.1) is 0 Å². The fraction of sp³-hybridized carbons (Fsp3) is 0.623. The minimum absolute atomic E-state index is 0.0210. The highest BCUT2D eigenvalue weighted by molar-refractivity contribution is 7.97. The van der Waals surface area contributed by atoms with Crippen LogP contribution in [0.3, 0.4) is 0 Å². The van der Waals surface area contributed by atoms with Crippen LogP contribution < -0.4 is 9.47 Å². The van der Waals surface area contributed by atoms with Gasteiger partial charge in [0.2, 0.25) is 23.4 Å². The maximum absolute atomic E-state index is 12.8. The van der Waals surface area contributed by atoms with Crippen molar-refractivity contribution in [2.24, 2.45) is 47.3 Å². The van der Waals surface area contributed by atoms with Crippen molar-refractivity contribution in [1.82, 2.24) is 0 Å². The van der Waals surface area contributed by atoms with Crippen LogP contribution in [-0.4, -0.2) is 68.3 Å². The van der Waals surface area contributed by atoms with Gasteiger partial charge in [-0.3, -0.25) is 9.59 Å². The Hall–Kier alpha value is -4.14. The van der Waals surface area contributed by atoms with Crippen LogP contribution in [0.5, 0.6) is 11.5 Å². The van der Waals surface area contributed by atoms with Gasteiger partial charge in [-0.25, -0.2) is 8.42 Å².